The third-order valence-electron chi connectivity index (χ3n) is 6.41. The van der Waals surface area contributed by atoms with Crippen LogP contribution in [0.1, 0.15) is 28.7 Å². The molecule has 33 heavy (non-hydrogen) atoms. The van der Waals surface area contributed by atoms with E-state index in [1.54, 1.807) is 7.11 Å². The van der Waals surface area contributed by atoms with Crippen LogP contribution in [0.2, 0.25) is 0 Å². The third-order valence-corrected chi connectivity index (χ3v) is 6.41. The fraction of sp³-hybridized carbons (Fsp3) is 0.214. The lowest BCUT2D eigenvalue weighted by Crippen LogP contribution is -2.37. The Bertz CT molecular complexity index is 1310. The summed E-state index contributed by atoms with van der Waals surface area (Å²) >= 11 is 0. The normalized spacial score (nSPS) is 15.8. The molecule has 2 aliphatic heterocycles. The van der Waals surface area contributed by atoms with Crippen LogP contribution in [0, 0.1) is 13.8 Å². The zero-order valence-electron chi connectivity index (χ0n) is 19.1. The lowest BCUT2D eigenvalue weighted by Gasteiger charge is -2.32. The Kier molecular flexibility index (Phi) is 5.25. The summed E-state index contributed by atoms with van der Waals surface area (Å²) in [5.74, 6) is -0.0574. The summed E-state index contributed by atoms with van der Waals surface area (Å²) in [4.78, 5) is 31.3. The number of ether oxygens (including phenoxy) is 1. The first-order valence-corrected chi connectivity index (χ1v) is 11.2. The Morgan fingerprint density at radius 1 is 0.848 bits per heavy atom. The molecule has 3 aromatic rings. The van der Waals surface area contributed by atoms with Crippen molar-refractivity contribution in [3.63, 3.8) is 0 Å². The van der Waals surface area contributed by atoms with Gasteiger partial charge in [-0.3, -0.25) is 9.59 Å². The number of benzene rings is 3. The fourth-order valence-electron chi connectivity index (χ4n) is 4.90. The van der Waals surface area contributed by atoms with Crippen molar-refractivity contribution in [2.24, 2.45) is 0 Å². The lowest BCUT2D eigenvalue weighted by molar-refractivity contribution is -0.120. The molecule has 2 heterocycles. The van der Waals surface area contributed by atoms with Crippen LogP contribution in [0.3, 0.4) is 0 Å². The van der Waals surface area contributed by atoms with Crippen molar-refractivity contribution >= 4 is 28.8 Å². The quantitative estimate of drug-likeness (QED) is 0.535. The standard InChI is InChI=1S/C28H26N2O3/c1-18-14-15-22(19(2)17-18)30-27(31)25(21-11-5-7-13-24(21)33-3)26(28(30)32)29-16-8-10-20-9-4-6-12-23(20)29/h4-7,9,11-15,17H,8,10,16H2,1-3H3. The number of para-hydroxylation sites is 2. The average Bonchev–Trinajstić information content (AvgIpc) is 3.08. The van der Waals surface area contributed by atoms with Gasteiger partial charge < -0.3 is 9.64 Å². The molecule has 5 rings (SSSR count). The molecule has 0 unspecified atom stereocenters. The van der Waals surface area contributed by atoms with Crippen molar-refractivity contribution in [2.75, 3.05) is 23.5 Å². The highest BCUT2D eigenvalue weighted by atomic mass is 16.5. The lowest BCUT2D eigenvalue weighted by atomic mass is 9.98. The minimum atomic E-state index is -0.325. The smallest absolute Gasteiger partial charge is 0.282 e. The van der Waals surface area contributed by atoms with Gasteiger partial charge in [-0.05, 0) is 56.0 Å². The number of aryl methyl sites for hydroxylation is 3. The number of methoxy groups -OCH3 is 1. The molecule has 0 radical (unpaired) electrons. The Hall–Kier alpha value is -3.86. The van der Waals surface area contributed by atoms with Gasteiger partial charge in [-0.2, -0.15) is 0 Å². The van der Waals surface area contributed by atoms with Gasteiger partial charge in [-0.25, -0.2) is 4.90 Å². The second-order valence-corrected chi connectivity index (χ2v) is 8.54. The molecule has 166 valence electrons. The maximum Gasteiger partial charge on any atom is 0.282 e. The first-order valence-electron chi connectivity index (χ1n) is 11.2. The second kappa shape index (κ2) is 8.24. The molecule has 0 saturated carbocycles. The summed E-state index contributed by atoms with van der Waals surface area (Å²) in [6.07, 6.45) is 1.86. The Labute approximate surface area is 193 Å². The molecule has 0 spiro atoms. The zero-order chi connectivity index (χ0) is 23.1. The van der Waals surface area contributed by atoms with Gasteiger partial charge in [0.2, 0.25) is 0 Å². The van der Waals surface area contributed by atoms with Crippen molar-refractivity contribution in [3.8, 4) is 5.75 Å². The predicted octanol–water partition coefficient (Wildman–Crippen LogP) is 5.05. The number of amides is 2. The number of hydrogen-bond donors (Lipinski definition) is 0. The predicted molar refractivity (Wildman–Crippen MR) is 130 cm³/mol. The number of hydrogen-bond acceptors (Lipinski definition) is 4. The summed E-state index contributed by atoms with van der Waals surface area (Å²) in [5.41, 5.74) is 6.17. The zero-order valence-corrected chi connectivity index (χ0v) is 19.1. The van der Waals surface area contributed by atoms with E-state index >= 15 is 0 Å². The average molecular weight is 439 g/mol. The molecule has 0 fully saturated rings. The van der Waals surface area contributed by atoms with Crippen molar-refractivity contribution < 1.29 is 14.3 Å². The van der Waals surface area contributed by atoms with Crippen molar-refractivity contribution in [1.29, 1.82) is 0 Å². The maximum atomic E-state index is 14.0. The van der Waals surface area contributed by atoms with Gasteiger partial charge in [-0.15, -0.1) is 0 Å². The topological polar surface area (TPSA) is 49.9 Å². The molecule has 5 heteroatoms. The largest absolute Gasteiger partial charge is 0.496 e. The molecule has 2 aliphatic rings. The first-order chi connectivity index (χ1) is 16.0. The minimum absolute atomic E-state index is 0.301. The molecule has 0 N–H and O–H groups in total. The Morgan fingerprint density at radius 3 is 2.39 bits per heavy atom. The molecule has 0 bridgehead atoms. The van der Waals surface area contributed by atoms with Crippen LogP contribution in [0.25, 0.3) is 5.57 Å². The van der Waals surface area contributed by atoms with Gasteiger partial charge in [0.05, 0.1) is 18.4 Å². The SMILES string of the molecule is COc1ccccc1C1=C(N2CCCc3ccccc32)C(=O)N(c2ccc(C)cc2C)C1=O. The number of anilines is 2. The van der Waals surface area contributed by atoms with E-state index in [0.29, 0.717) is 34.8 Å². The fourth-order valence-corrected chi connectivity index (χ4v) is 4.90. The third kappa shape index (κ3) is 3.41. The van der Waals surface area contributed by atoms with Crippen LogP contribution in [0.5, 0.6) is 5.75 Å². The number of carbonyl (C=O) groups excluding carboxylic acids is 2. The second-order valence-electron chi connectivity index (χ2n) is 8.54. The summed E-state index contributed by atoms with van der Waals surface area (Å²) in [6.45, 7) is 4.60. The molecule has 0 aromatic heterocycles. The monoisotopic (exact) mass is 438 g/mol. The van der Waals surface area contributed by atoms with Gasteiger partial charge >= 0.3 is 0 Å². The Morgan fingerprint density at radius 2 is 1.61 bits per heavy atom. The highest BCUT2D eigenvalue weighted by Crippen LogP contribution is 2.42. The molecule has 2 amide bonds. The minimum Gasteiger partial charge on any atom is -0.496 e. The summed E-state index contributed by atoms with van der Waals surface area (Å²) in [5, 5.41) is 0. The van der Waals surface area contributed by atoms with Crippen molar-refractivity contribution in [3.05, 3.63) is 94.7 Å². The molecule has 0 atom stereocenters. The van der Waals surface area contributed by atoms with Crippen LogP contribution in [0.15, 0.2) is 72.4 Å². The van der Waals surface area contributed by atoms with Crippen LogP contribution >= 0.6 is 0 Å². The van der Waals surface area contributed by atoms with E-state index in [1.165, 1.54) is 10.5 Å². The van der Waals surface area contributed by atoms with E-state index in [-0.39, 0.29) is 11.8 Å². The maximum absolute atomic E-state index is 14.0. The summed E-state index contributed by atoms with van der Waals surface area (Å²) < 4.78 is 5.59. The highest BCUT2D eigenvalue weighted by molar-refractivity contribution is 6.46. The van der Waals surface area contributed by atoms with Gasteiger partial charge in [0.1, 0.15) is 11.4 Å². The Balaban J connectivity index is 1.74. The summed E-state index contributed by atoms with van der Waals surface area (Å²) in [7, 11) is 1.58. The van der Waals surface area contributed by atoms with E-state index in [2.05, 4.69) is 6.07 Å². The van der Waals surface area contributed by atoms with Crippen molar-refractivity contribution in [2.45, 2.75) is 26.7 Å². The molecule has 0 aliphatic carbocycles. The number of carbonyl (C=O) groups is 2. The number of fused-ring (bicyclic) bond motifs is 1. The number of rotatable bonds is 4. The van der Waals surface area contributed by atoms with Crippen LogP contribution in [0.4, 0.5) is 11.4 Å². The van der Waals surface area contributed by atoms with Gasteiger partial charge in [0, 0.05) is 17.8 Å². The van der Waals surface area contributed by atoms with E-state index < -0.39 is 0 Å². The highest BCUT2D eigenvalue weighted by Gasteiger charge is 2.44. The van der Waals surface area contributed by atoms with E-state index in [1.807, 2.05) is 79.4 Å². The number of imide groups is 1. The van der Waals surface area contributed by atoms with E-state index in [4.69, 9.17) is 4.74 Å². The van der Waals surface area contributed by atoms with Crippen LogP contribution in [-0.4, -0.2) is 25.5 Å². The van der Waals surface area contributed by atoms with Crippen LogP contribution in [-0.2, 0) is 16.0 Å². The van der Waals surface area contributed by atoms with Crippen molar-refractivity contribution in [1.82, 2.24) is 0 Å². The van der Waals surface area contributed by atoms with Gasteiger partial charge in [-0.1, -0.05) is 54.1 Å². The van der Waals surface area contributed by atoms with E-state index in [0.717, 1.165) is 29.7 Å². The van der Waals surface area contributed by atoms with E-state index in [9.17, 15) is 9.59 Å². The molecular formula is C28H26N2O3. The van der Waals surface area contributed by atoms with Crippen LogP contribution < -0.4 is 14.5 Å². The molecule has 5 nitrogen and oxygen atoms in total. The summed E-state index contributed by atoms with van der Waals surface area (Å²) in [6, 6.07) is 21.3. The van der Waals surface area contributed by atoms with Gasteiger partial charge in [0.15, 0.2) is 0 Å². The molecular weight excluding hydrogens is 412 g/mol. The molecule has 0 saturated heterocycles. The number of nitrogens with zero attached hydrogens (tertiary/aromatic N) is 2. The van der Waals surface area contributed by atoms with Gasteiger partial charge in [0.25, 0.3) is 11.8 Å². The first kappa shape index (κ1) is 21.0. The molecule has 3 aromatic carbocycles.